The zero-order chi connectivity index (χ0) is 14.4. The van der Waals surface area contributed by atoms with E-state index < -0.39 is 0 Å². The van der Waals surface area contributed by atoms with Crippen LogP contribution in [-0.2, 0) is 4.79 Å². The Hall–Kier alpha value is -1.55. The Balaban J connectivity index is 2.10. The number of likely N-dealkylation sites (tertiary alicyclic amines) is 1. The Labute approximate surface area is 121 Å². The Morgan fingerprint density at radius 1 is 1.45 bits per heavy atom. The van der Waals surface area contributed by atoms with Gasteiger partial charge in [0, 0.05) is 19.5 Å². The van der Waals surface area contributed by atoms with Crippen molar-refractivity contribution < 1.29 is 9.53 Å². The van der Waals surface area contributed by atoms with E-state index in [1.165, 1.54) is 5.56 Å². The Morgan fingerprint density at radius 2 is 2.30 bits per heavy atom. The molecule has 0 radical (unpaired) electrons. The number of hydrogen-bond acceptors (Lipinski definition) is 3. The summed E-state index contributed by atoms with van der Waals surface area (Å²) < 4.78 is 5.29. The van der Waals surface area contributed by atoms with E-state index in [-0.39, 0.29) is 11.9 Å². The third kappa shape index (κ3) is 3.73. The van der Waals surface area contributed by atoms with E-state index in [4.69, 9.17) is 4.74 Å². The van der Waals surface area contributed by atoms with Crippen LogP contribution in [-0.4, -0.2) is 37.6 Å². The van der Waals surface area contributed by atoms with Gasteiger partial charge in [-0.05, 0) is 37.1 Å². The minimum absolute atomic E-state index is 0.173. The lowest BCUT2D eigenvalue weighted by Gasteiger charge is -2.25. The van der Waals surface area contributed by atoms with E-state index >= 15 is 0 Å². The van der Waals surface area contributed by atoms with Gasteiger partial charge in [-0.3, -0.25) is 4.79 Å². The summed E-state index contributed by atoms with van der Waals surface area (Å²) in [6.45, 7) is 4.72. The average Bonchev–Trinajstić information content (AvgIpc) is 2.88. The van der Waals surface area contributed by atoms with E-state index in [1.807, 2.05) is 23.1 Å². The van der Waals surface area contributed by atoms with Gasteiger partial charge >= 0.3 is 0 Å². The molecule has 1 aliphatic heterocycles. The highest BCUT2D eigenvalue weighted by Gasteiger charge is 2.24. The van der Waals surface area contributed by atoms with Gasteiger partial charge < -0.3 is 15.0 Å². The fraction of sp³-hybridized carbons (Fsp3) is 0.562. The van der Waals surface area contributed by atoms with E-state index in [0.29, 0.717) is 6.42 Å². The molecule has 1 aromatic carbocycles. The molecule has 1 amide bonds. The van der Waals surface area contributed by atoms with Crippen molar-refractivity contribution in [3.05, 3.63) is 29.8 Å². The Morgan fingerprint density at radius 3 is 2.95 bits per heavy atom. The van der Waals surface area contributed by atoms with Gasteiger partial charge in [0.25, 0.3) is 0 Å². The number of methoxy groups -OCH3 is 1. The minimum atomic E-state index is 0.173. The first-order valence-electron chi connectivity index (χ1n) is 7.39. The molecule has 110 valence electrons. The minimum Gasteiger partial charge on any atom is -0.497 e. The van der Waals surface area contributed by atoms with E-state index in [2.05, 4.69) is 18.3 Å². The number of amides is 1. The summed E-state index contributed by atoms with van der Waals surface area (Å²) in [5.74, 6) is 1.13. The van der Waals surface area contributed by atoms with Crippen LogP contribution in [0, 0.1) is 0 Å². The highest BCUT2D eigenvalue weighted by atomic mass is 16.5. The molecular formula is C16H24N2O2. The fourth-order valence-electron chi connectivity index (χ4n) is 2.58. The van der Waals surface area contributed by atoms with Crippen LogP contribution in [0.4, 0.5) is 0 Å². The van der Waals surface area contributed by atoms with Gasteiger partial charge in [0.05, 0.1) is 13.2 Å². The first kappa shape index (κ1) is 14.9. The zero-order valence-electron chi connectivity index (χ0n) is 12.4. The predicted octanol–water partition coefficient (Wildman–Crippen LogP) is 2.36. The van der Waals surface area contributed by atoms with Crippen LogP contribution in [0.15, 0.2) is 24.3 Å². The summed E-state index contributed by atoms with van der Waals surface area (Å²) in [6.07, 6.45) is 2.75. The van der Waals surface area contributed by atoms with Crippen molar-refractivity contribution >= 4 is 5.91 Å². The van der Waals surface area contributed by atoms with Gasteiger partial charge in [-0.15, -0.1) is 0 Å². The molecule has 1 fully saturated rings. The number of carbonyl (C=O) groups excluding carboxylic acids is 1. The molecule has 1 aromatic rings. The molecule has 0 saturated carbocycles. The molecule has 0 bridgehead atoms. The number of benzene rings is 1. The third-order valence-electron chi connectivity index (χ3n) is 3.71. The molecular weight excluding hydrogens is 252 g/mol. The molecule has 1 aliphatic rings. The van der Waals surface area contributed by atoms with Crippen LogP contribution < -0.4 is 10.1 Å². The maximum Gasteiger partial charge on any atom is 0.222 e. The quantitative estimate of drug-likeness (QED) is 0.831. The monoisotopic (exact) mass is 276 g/mol. The lowest BCUT2D eigenvalue weighted by Crippen LogP contribution is -2.36. The second-order valence-corrected chi connectivity index (χ2v) is 5.23. The molecule has 0 aliphatic carbocycles. The summed E-state index contributed by atoms with van der Waals surface area (Å²) in [6, 6.07) is 8.26. The molecule has 0 aromatic heterocycles. The lowest BCUT2D eigenvalue weighted by atomic mass is 10.1. The highest BCUT2D eigenvalue weighted by molar-refractivity contribution is 5.78. The molecule has 0 spiro atoms. The summed E-state index contributed by atoms with van der Waals surface area (Å²) in [5, 5.41) is 3.54. The van der Waals surface area contributed by atoms with Crippen molar-refractivity contribution in [1.29, 1.82) is 0 Å². The van der Waals surface area contributed by atoms with E-state index in [1.54, 1.807) is 7.11 Å². The first-order valence-corrected chi connectivity index (χ1v) is 7.39. The van der Waals surface area contributed by atoms with Crippen molar-refractivity contribution in [2.45, 2.75) is 32.2 Å². The third-order valence-corrected chi connectivity index (χ3v) is 3.71. The standard InChI is InChI=1S/C16H24N2O2/c1-3-9-17-15(12-18-10-5-8-16(18)19)13-6-4-7-14(11-13)20-2/h4,6-7,11,15,17H,3,5,8-10,12H2,1-2H3. The van der Waals surface area contributed by atoms with Gasteiger partial charge in [-0.2, -0.15) is 0 Å². The Bertz CT molecular complexity index is 448. The van der Waals surface area contributed by atoms with Crippen LogP contribution >= 0.6 is 0 Å². The van der Waals surface area contributed by atoms with Crippen molar-refractivity contribution in [3.63, 3.8) is 0 Å². The van der Waals surface area contributed by atoms with Crippen LogP contribution in [0.5, 0.6) is 5.75 Å². The number of hydrogen-bond donors (Lipinski definition) is 1. The van der Waals surface area contributed by atoms with Crippen molar-refractivity contribution in [1.82, 2.24) is 10.2 Å². The highest BCUT2D eigenvalue weighted by Crippen LogP contribution is 2.22. The summed E-state index contributed by atoms with van der Waals surface area (Å²) in [5.41, 5.74) is 1.18. The number of nitrogens with zero attached hydrogens (tertiary/aromatic N) is 1. The van der Waals surface area contributed by atoms with Crippen molar-refractivity contribution in [2.24, 2.45) is 0 Å². The smallest absolute Gasteiger partial charge is 0.222 e. The van der Waals surface area contributed by atoms with Crippen LogP contribution in [0.3, 0.4) is 0 Å². The molecule has 1 unspecified atom stereocenters. The lowest BCUT2D eigenvalue weighted by molar-refractivity contribution is -0.128. The molecule has 4 nitrogen and oxygen atoms in total. The largest absolute Gasteiger partial charge is 0.497 e. The van der Waals surface area contributed by atoms with E-state index in [0.717, 1.165) is 38.2 Å². The van der Waals surface area contributed by atoms with Gasteiger partial charge in [0.1, 0.15) is 5.75 Å². The molecule has 1 saturated heterocycles. The van der Waals surface area contributed by atoms with Crippen LogP contribution in [0.25, 0.3) is 0 Å². The summed E-state index contributed by atoms with van der Waals surface area (Å²) in [4.78, 5) is 13.8. The van der Waals surface area contributed by atoms with E-state index in [9.17, 15) is 4.79 Å². The van der Waals surface area contributed by atoms with Crippen molar-refractivity contribution in [2.75, 3.05) is 26.7 Å². The van der Waals surface area contributed by atoms with Crippen LogP contribution in [0.2, 0.25) is 0 Å². The summed E-state index contributed by atoms with van der Waals surface area (Å²) in [7, 11) is 1.68. The number of rotatable bonds is 7. The summed E-state index contributed by atoms with van der Waals surface area (Å²) >= 11 is 0. The Kier molecular flexibility index (Phi) is 5.41. The number of carbonyl (C=O) groups is 1. The van der Waals surface area contributed by atoms with Crippen molar-refractivity contribution in [3.8, 4) is 5.75 Å². The van der Waals surface area contributed by atoms with Gasteiger partial charge in [0.2, 0.25) is 5.91 Å². The van der Waals surface area contributed by atoms with Gasteiger partial charge in [-0.1, -0.05) is 19.1 Å². The normalized spacial score (nSPS) is 16.5. The first-order chi connectivity index (χ1) is 9.74. The zero-order valence-corrected chi connectivity index (χ0v) is 12.4. The molecule has 1 atom stereocenters. The van der Waals surface area contributed by atoms with Gasteiger partial charge in [0.15, 0.2) is 0 Å². The SMILES string of the molecule is CCCNC(CN1CCCC1=O)c1cccc(OC)c1. The number of ether oxygens (including phenoxy) is 1. The molecule has 1 heterocycles. The van der Waals surface area contributed by atoms with Gasteiger partial charge in [-0.25, -0.2) is 0 Å². The molecule has 20 heavy (non-hydrogen) atoms. The number of nitrogens with one attached hydrogen (secondary N) is 1. The maximum absolute atomic E-state index is 11.8. The second kappa shape index (κ2) is 7.29. The topological polar surface area (TPSA) is 41.6 Å². The van der Waals surface area contributed by atoms with Crippen LogP contribution in [0.1, 0.15) is 37.8 Å². The predicted molar refractivity (Wildman–Crippen MR) is 79.8 cm³/mol. The maximum atomic E-state index is 11.8. The average molecular weight is 276 g/mol. The molecule has 1 N–H and O–H groups in total. The second-order valence-electron chi connectivity index (χ2n) is 5.23. The fourth-order valence-corrected chi connectivity index (χ4v) is 2.58. The molecule has 2 rings (SSSR count). The molecule has 4 heteroatoms.